The molecule has 4 nitrogen and oxygen atoms in total. The lowest BCUT2D eigenvalue weighted by Crippen LogP contribution is -2.25. The smallest absolute Gasteiger partial charge is 0.185 e. The maximum Gasteiger partial charge on any atom is 0.185 e. The molecule has 0 atom stereocenters. The van der Waals surface area contributed by atoms with Crippen LogP contribution in [0.4, 0.5) is 0 Å². The van der Waals surface area contributed by atoms with Crippen LogP contribution in [0, 0.1) is 6.92 Å². The molecule has 0 bridgehead atoms. The van der Waals surface area contributed by atoms with Crippen molar-refractivity contribution in [3.8, 4) is 17.2 Å². The molecule has 166 valence electrons. The molecular weight excluding hydrogens is 388 g/mol. The highest BCUT2D eigenvalue weighted by Gasteiger charge is 2.19. The summed E-state index contributed by atoms with van der Waals surface area (Å²) in [6.45, 7) is 19.5. The average molecular weight is 423 g/mol. The van der Waals surface area contributed by atoms with Gasteiger partial charge >= 0.3 is 0 Å². The molecule has 0 fully saturated rings. The van der Waals surface area contributed by atoms with E-state index in [4.69, 9.17) is 14.2 Å². The quantitative estimate of drug-likeness (QED) is 0.270. The van der Waals surface area contributed by atoms with Gasteiger partial charge in [-0.2, -0.15) is 0 Å². The van der Waals surface area contributed by atoms with Crippen LogP contribution >= 0.6 is 0 Å². The van der Waals surface area contributed by atoms with E-state index < -0.39 is 0 Å². The van der Waals surface area contributed by atoms with Crippen LogP contribution in [0.1, 0.15) is 70.0 Å². The Morgan fingerprint density at radius 1 is 0.903 bits per heavy atom. The summed E-state index contributed by atoms with van der Waals surface area (Å²) in [4.78, 5) is 12.7. The SMILES string of the molecule is C=C(C)Oc1ccc(C(=O)/C=C\c2cc(C)c(OC(C)(C)C)cc2OC(C)(C)C)cc1. The van der Waals surface area contributed by atoms with Crippen molar-refractivity contribution in [2.24, 2.45) is 0 Å². The molecule has 2 rings (SSSR count). The maximum atomic E-state index is 12.7. The first-order valence-electron chi connectivity index (χ1n) is 10.4. The van der Waals surface area contributed by atoms with E-state index in [0.29, 0.717) is 22.8 Å². The van der Waals surface area contributed by atoms with Gasteiger partial charge in [-0.1, -0.05) is 6.58 Å². The predicted molar refractivity (Wildman–Crippen MR) is 127 cm³/mol. The summed E-state index contributed by atoms with van der Waals surface area (Å²) >= 11 is 0. The van der Waals surface area contributed by atoms with Crippen LogP contribution in [-0.2, 0) is 0 Å². The van der Waals surface area contributed by atoms with E-state index in [0.717, 1.165) is 16.9 Å². The monoisotopic (exact) mass is 422 g/mol. The third-order valence-corrected chi connectivity index (χ3v) is 3.98. The second-order valence-electron chi connectivity index (χ2n) is 9.61. The Morgan fingerprint density at radius 3 is 1.97 bits per heavy atom. The van der Waals surface area contributed by atoms with Crippen molar-refractivity contribution in [1.29, 1.82) is 0 Å². The number of ether oxygens (including phenoxy) is 3. The minimum atomic E-state index is -0.389. The number of rotatable bonds is 7. The van der Waals surface area contributed by atoms with E-state index in [1.807, 2.05) is 60.6 Å². The molecule has 0 unspecified atom stereocenters. The molecule has 0 radical (unpaired) electrons. The lowest BCUT2D eigenvalue weighted by atomic mass is 10.0. The molecule has 0 aliphatic carbocycles. The summed E-state index contributed by atoms with van der Waals surface area (Å²) < 4.78 is 17.7. The van der Waals surface area contributed by atoms with Crippen LogP contribution in [0.5, 0.6) is 17.2 Å². The molecule has 31 heavy (non-hydrogen) atoms. The number of hydrogen-bond acceptors (Lipinski definition) is 4. The van der Waals surface area contributed by atoms with E-state index >= 15 is 0 Å². The first kappa shape index (κ1) is 24.3. The second kappa shape index (κ2) is 9.42. The largest absolute Gasteiger partial charge is 0.488 e. The van der Waals surface area contributed by atoms with Crippen molar-refractivity contribution in [3.63, 3.8) is 0 Å². The van der Waals surface area contributed by atoms with Gasteiger partial charge in [0, 0.05) is 17.2 Å². The van der Waals surface area contributed by atoms with Gasteiger partial charge in [-0.25, -0.2) is 0 Å². The maximum absolute atomic E-state index is 12.7. The predicted octanol–water partition coefficient (Wildman–Crippen LogP) is 7.16. The van der Waals surface area contributed by atoms with Crippen molar-refractivity contribution < 1.29 is 19.0 Å². The molecule has 0 saturated heterocycles. The third-order valence-electron chi connectivity index (χ3n) is 3.98. The number of carbonyl (C=O) groups is 1. The van der Waals surface area contributed by atoms with Gasteiger partial charge in [-0.05, 0) is 103 Å². The average Bonchev–Trinajstić information content (AvgIpc) is 2.60. The van der Waals surface area contributed by atoms with E-state index in [9.17, 15) is 4.79 Å². The molecule has 0 heterocycles. The topological polar surface area (TPSA) is 44.8 Å². The standard InChI is InChI=1S/C27H34O4/c1-18(2)29-22-13-10-20(11-14-22)23(28)15-12-21-16-19(3)24(30-26(4,5)6)17-25(21)31-27(7,8)9/h10-17H,1H2,2-9H3/b15-12-. The number of ketones is 1. The zero-order chi connectivity index (χ0) is 23.4. The van der Waals surface area contributed by atoms with Crippen LogP contribution in [0.15, 0.2) is 54.8 Å². The molecule has 2 aromatic carbocycles. The summed E-state index contributed by atoms with van der Waals surface area (Å²) in [5.41, 5.74) is 1.67. The van der Waals surface area contributed by atoms with Gasteiger partial charge in [0.25, 0.3) is 0 Å². The summed E-state index contributed by atoms with van der Waals surface area (Å²) in [6, 6.07) is 10.9. The molecule has 4 heteroatoms. The Labute approximate surface area is 186 Å². The van der Waals surface area contributed by atoms with Crippen LogP contribution in [0.3, 0.4) is 0 Å². The Morgan fingerprint density at radius 2 is 1.45 bits per heavy atom. The van der Waals surface area contributed by atoms with E-state index in [1.165, 1.54) is 0 Å². The zero-order valence-electron chi connectivity index (χ0n) is 20.0. The summed E-state index contributed by atoms with van der Waals surface area (Å²) in [5.74, 6) is 2.59. The minimum absolute atomic E-state index is 0.101. The third kappa shape index (κ3) is 7.97. The normalized spacial score (nSPS) is 12.0. The van der Waals surface area contributed by atoms with Gasteiger partial charge in [0.2, 0.25) is 0 Å². The van der Waals surface area contributed by atoms with E-state index in [-0.39, 0.29) is 17.0 Å². The van der Waals surface area contributed by atoms with Crippen molar-refractivity contribution in [2.75, 3.05) is 0 Å². The zero-order valence-corrected chi connectivity index (χ0v) is 20.0. The first-order valence-corrected chi connectivity index (χ1v) is 10.4. The molecule has 0 saturated carbocycles. The highest BCUT2D eigenvalue weighted by atomic mass is 16.5. The number of aryl methyl sites for hydroxylation is 1. The van der Waals surface area contributed by atoms with Crippen molar-refractivity contribution in [3.05, 3.63) is 71.5 Å². The fourth-order valence-corrected chi connectivity index (χ4v) is 2.83. The highest BCUT2D eigenvalue weighted by Crippen LogP contribution is 2.34. The first-order chi connectivity index (χ1) is 14.2. The molecule has 2 aromatic rings. The Hall–Kier alpha value is -3.01. The minimum Gasteiger partial charge on any atom is -0.488 e. The lowest BCUT2D eigenvalue weighted by molar-refractivity contribution is 0.104. The fraction of sp³-hybridized carbons (Fsp3) is 0.370. The van der Waals surface area contributed by atoms with Gasteiger partial charge in [-0.15, -0.1) is 0 Å². The summed E-state index contributed by atoms with van der Waals surface area (Å²) in [7, 11) is 0. The molecule has 0 aliphatic heterocycles. The molecule has 0 spiro atoms. The van der Waals surface area contributed by atoms with Gasteiger partial charge < -0.3 is 14.2 Å². The molecule has 0 aromatic heterocycles. The van der Waals surface area contributed by atoms with Crippen LogP contribution < -0.4 is 14.2 Å². The summed E-state index contributed by atoms with van der Waals surface area (Å²) in [5, 5.41) is 0. The number of allylic oxidation sites excluding steroid dienone is 2. The molecule has 0 amide bonds. The van der Waals surface area contributed by atoms with Gasteiger partial charge in [0.05, 0.1) is 5.76 Å². The highest BCUT2D eigenvalue weighted by molar-refractivity contribution is 6.07. The van der Waals surface area contributed by atoms with Crippen LogP contribution in [0.25, 0.3) is 6.08 Å². The molecule has 0 N–H and O–H groups in total. The second-order valence-corrected chi connectivity index (χ2v) is 9.61. The number of benzene rings is 2. The Bertz CT molecular complexity index is 968. The van der Waals surface area contributed by atoms with Crippen LogP contribution in [0.2, 0.25) is 0 Å². The van der Waals surface area contributed by atoms with E-state index in [2.05, 4.69) is 6.58 Å². The summed E-state index contributed by atoms with van der Waals surface area (Å²) in [6.07, 6.45) is 3.35. The van der Waals surface area contributed by atoms with Gasteiger partial charge in [0.1, 0.15) is 28.5 Å². The van der Waals surface area contributed by atoms with Gasteiger partial charge in [0.15, 0.2) is 5.78 Å². The molecule has 0 aliphatic rings. The van der Waals surface area contributed by atoms with Gasteiger partial charge in [-0.3, -0.25) is 4.79 Å². The Kier molecular flexibility index (Phi) is 7.37. The fourth-order valence-electron chi connectivity index (χ4n) is 2.83. The number of carbonyl (C=O) groups excluding carboxylic acids is 1. The van der Waals surface area contributed by atoms with Crippen molar-refractivity contribution in [2.45, 2.75) is 66.6 Å². The van der Waals surface area contributed by atoms with Crippen LogP contribution in [-0.4, -0.2) is 17.0 Å². The molecular formula is C27H34O4. The van der Waals surface area contributed by atoms with Crippen molar-refractivity contribution in [1.82, 2.24) is 0 Å². The number of hydrogen-bond donors (Lipinski definition) is 0. The van der Waals surface area contributed by atoms with Crippen molar-refractivity contribution >= 4 is 11.9 Å². The lowest BCUT2D eigenvalue weighted by Gasteiger charge is -2.26. The Balaban J connectivity index is 2.33. The van der Waals surface area contributed by atoms with E-state index in [1.54, 1.807) is 43.3 Å².